The Morgan fingerprint density at radius 1 is 0.829 bits per heavy atom. The molecule has 10 nitrogen and oxygen atoms in total. The van der Waals surface area contributed by atoms with Gasteiger partial charge >= 0.3 is 12.2 Å². The van der Waals surface area contributed by atoms with Crippen molar-refractivity contribution in [1.29, 1.82) is 0 Å². The van der Waals surface area contributed by atoms with E-state index in [1.807, 2.05) is 39.0 Å². The summed E-state index contributed by atoms with van der Waals surface area (Å²) >= 11 is 0. The third-order valence-corrected chi connectivity index (χ3v) is 6.09. The molecule has 4 rings (SSSR count). The molecule has 2 N–H and O–H groups in total. The number of benzene rings is 2. The molecule has 0 bridgehead atoms. The molecule has 1 saturated heterocycles. The first-order valence-corrected chi connectivity index (χ1v) is 13.4. The Labute approximate surface area is 238 Å². The number of piperazine rings is 1. The third-order valence-electron chi connectivity index (χ3n) is 6.09. The fourth-order valence-electron chi connectivity index (χ4n) is 4.24. The number of anilines is 3. The van der Waals surface area contributed by atoms with E-state index in [0.29, 0.717) is 37.3 Å². The number of pyridine rings is 1. The maximum Gasteiger partial charge on any atom is 0.412 e. The lowest BCUT2D eigenvalue weighted by Crippen LogP contribution is -2.50. The van der Waals surface area contributed by atoms with Crippen LogP contribution in [0.3, 0.4) is 0 Å². The fourth-order valence-corrected chi connectivity index (χ4v) is 4.24. The van der Waals surface area contributed by atoms with Crippen LogP contribution in [-0.2, 0) is 9.47 Å². The average molecular weight is 566 g/mol. The highest BCUT2D eigenvalue weighted by molar-refractivity contribution is 6.08. The molecule has 2 heterocycles. The minimum absolute atomic E-state index is 0.0674. The van der Waals surface area contributed by atoms with Crippen molar-refractivity contribution in [2.24, 2.45) is 0 Å². The highest BCUT2D eigenvalue weighted by Gasteiger charge is 2.26. The van der Waals surface area contributed by atoms with Crippen LogP contribution in [0.15, 0.2) is 48.7 Å². The Hall–Kier alpha value is -4.41. The Morgan fingerprint density at radius 2 is 1.51 bits per heavy atom. The summed E-state index contributed by atoms with van der Waals surface area (Å²) in [6, 6.07) is 11.2. The molecule has 0 radical (unpaired) electrons. The molecule has 11 heteroatoms. The van der Waals surface area contributed by atoms with Crippen molar-refractivity contribution in [3.8, 4) is 0 Å². The standard InChI is InChI=1S/C30H36FN5O5/c1-29(2,3)40-27(38)34-25-16-21(31)8-10-23(25)33-26(37)20-15-19-7-9-22(17-24(19)32-18-20)35-11-13-36(14-12-35)28(39)41-30(4,5)6/h7-10,15-18H,11-14H2,1-6H3,(H,33,37)(H,34,38). The van der Waals surface area contributed by atoms with Crippen molar-refractivity contribution in [3.05, 3.63) is 60.0 Å². The first kappa shape index (κ1) is 29.6. The van der Waals surface area contributed by atoms with Crippen LogP contribution in [0.2, 0.25) is 0 Å². The molecule has 0 atom stereocenters. The zero-order chi connectivity index (χ0) is 29.9. The van der Waals surface area contributed by atoms with E-state index in [-0.39, 0.29) is 17.5 Å². The lowest BCUT2D eigenvalue weighted by atomic mass is 10.1. The van der Waals surface area contributed by atoms with Gasteiger partial charge in [0.25, 0.3) is 5.91 Å². The number of ether oxygens (including phenoxy) is 2. The Kier molecular flexibility index (Phi) is 8.37. The smallest absolute Gasteiger partial charge is 0.412 e. The number of fused-ring (bicyclic) bond motifs is 1. The SMILES string of the molecule is CC(C)(C)OC(=O)Nc1cc(F)ccc1NC(=O)c1cnc2cc(N3CCN(C(=O)OC(C)(C)C)CC3)ccc2c1. The summed E-state index contributed by atoms with van der Waals surface area (Å²) in [5.41, 5.74) is 0.973. The molecule has 1 aliphatic heterocycles. The topological polar surface area (TPSA) is 113 Å². The number of nitrogens with one attached hydrogen (secondary N) is 2. The van der Waals surface area contributed by atoms with Gasteiger partial charge in [0.2, 0.25) is 0 Å². The van der Waals surface area contributed by atoms with Crippen molar-refractivity contribution < 1.29 is 28.2 Å². The minimum atomic E-state index is -0.770. The van der Waals surface area contributed by atoms with E-state index in [1.165, 1.54) is 18.3 Å². The molecule has 3 aromatic rings. The van der Waals surface area contributed by atoms with Crippen LogP contribution >= 0.6 is 0 Å². The quantitative estimate of drug-likeness (QED) is 0.397. The first-order valence-electron chi connectivity index (χ1n) is 13.4. The van der Waals surface area contributed by atoms with Crippen molar-refractivity contribution >= 4 is 46.1 Å². The molecule has 3 amide bonds. The van der Waals surface area contributed by atoms with Crippen LogP contribution in [0.25, 0.3) is 10.9 Å². The van der Waals surface area contributed by atoms with Gasteiger partial charge in [0.05, 0.1) is 22.5 Å². The zero-order valence-electron chi connectivity index (χ0n) is 24.2. The molecule has 1 aliphatic rings. The van der Waals surface area contributed by atoms with Gasteiger partial charge in [0, 0.05) is 43.4 Å². The van der Waals surface area contributed by atoms with Gasteiger partial charge in [-0.2, -0.15) is 0 Å². The van der Waals surface area contributed by atoms with Crippen molar-refractivity contribution in [2.75, 3.05) is 41.7 Å². The monoisotopic (exact) mass is 565 g/mol. The number of carbonyl (C=O) groups excluding carboxylic acids is 3. The predicted molar refractivity (Wildman–Crippen MR) is 156 cm³/mol. The summed E-state index contributed by atoms with van der Waals surface area (Å²) in [5, 5.41) is 5.96. The summed E-state index contributed by atoms with van der Waals surface area (Å²) in [4.78, 5) is 46.0. The lowest BCUT2D eigenvalue weighted by Gasteiger charge is -2.36. The number of nitrogens with zero attached hydrogens (tertiary/aromatic N) is 3. The van der Waals surface area contributed by atoms with Crippen molar-refractivity contribution in [1.82, 2.24) is 9.88 Å². The molecular weight excluding hydrogens is 529 g/mol. The maximum atomic E-state index is 13.9. The van der Waals surface area contributed by atoms with Crippen LogP contribution in [0.4, 0.5) is 31.0 Å². The molecule has 1 fully saturated rings. The van der Waals surface area contributed by atoms with Crippen molar-refractivity contribution in [3.63, 3.8) is 0 Å². The van der Waals surface area contributed by atoms with Gasteiger partial charge < -0.3 is 24.6 Å². The molecular formula is C30H36FN5O5. The Morgan fingerprint density at radius 3 is 2.17 bits per heavy atom. The van der Waals surface area contributed by atoms with Crippen LogP contribution in [0.1, 0.15) is 51.9 Å². The zero-order valence-corrected chi connectivity index (χ0v) is 24.2. The van der Waals surface area contributed by atoms with Gasteiger partial charge in [-0.05, 0) is 77.9 Å². The van der Waals surface area contributed by atoms with E-state index >= 15 is 0 Å². The summed E-state index contributed by atoms with van der Waals surface area (Å²) in [7, 11) is 0. The summed E-state index contributed by atoms with van der Waals surface area (Å²) in [6.07, 6.45) is 0.386. The van der Waals surface area contributed by atoms with Crippen LogP contribution < -0.4 is 15.5 Å². The van der Waals surface area contributed by atoms with E-state index in [2.05, 4.69) is 20.5 Å². The lowest BCUT2D eigenvalue weighted by molar-refractivity contribution is 0.0240. The highest BCUT2D eigenvalue weighted by atomic mass is 19.1. The number of rotatable bonds is 4. The molecule has 0 aliphatic carbocycles. The third kappa shape index (κ3) is 8.06. The molecule has 2 aromatic carbocycles. The molecule has 0 unspecified atom stereocenters. The van der Waals surface area contributed by atoms with Gasteiger partial charge in [-0.1, -0.05) is 6.07 Å². The maximum absolute atomic E-state index is 13.9. The Bertz CT molecular complexity index is 1460. The second-order valence-corrected chi connectivity index (χ2v) is 11.8. The molecule has 218 valence electrons. The summed E-state index contributed by atoms with van der Waals surface area (Å²) in [6.45, 7) is 13.1. The molecule has 1 aromatic heterocycles. The van der Waals surface area contributed by atoms with Crippen LogP contribution in [-0.4, -0.2) is 65.4 Å². The number of amides is 3. The average Bonchev–Trinajstić information content (AvgIpc) is 2.87. The van der Waals surface area contributed by atoms with E-state index in [1.54, 1.807) is 31.7 Å². The normalized spacial score (nSPS) is 14.0. The Balaban J connectivity index is 1.43. The fraction of sp³-hybridized carbons (Fsp3) is 0.400. The van der Waals surface area contributed by atoms with Gasteiger partial charge in [0.1, 0.15) is 17.0 Å². The molecule has 41 heavy (non-hydrogen) atoms. The molecule has 0 spiro atoms. The van der Waals surface area contributed by atoms with E-state index in [4.69, 9.17) is 9.47 Å². The summed E-state index contributed by atoms with van der Waals surface area (Å²) < 4.78 is 24.6. The molecule has 0 saturated carbocycles. The van der Waals surface area contributed by atoms with E-state index < -0.39 is 29.0 Å². The second kappa shape index (κ2) is 11.6. The number of aromatic nitrogens is 1. The number of hydrogen-bond acceptors (Lipinski definition) is 7. The highest BCUT2D eigenvalue weighted by Crippen LogP contribution is 2.26. The van der Waals surface area contributed by atoms with Gasteiger partial charge in [-0.15, -0.1) is 0 Å². The van der Waals surface area contributed by atoms with Crippen LogP contribution in [0, 0.1) is 5.82 Å². The minimum Gasteiger partial charge on any atom is -0.444 e. The van der Waals surface area contributed by atoms with E-state index in [0.717, 1.165) is 17.1 Å². The van der Waals surface area contributed by atoms with Gasteiger partial charge in [0.15, 0.2) is 0 Å². The number of halogens is 1. The predicted octanol–water partition coefficient (Wildman–Crippen LogP) is 6.03. The first-order chi connectivity index (χ1) is 19.2. The number of hydrogen-bond donors (Lipinski definition) is 2. The van der Waals surface area contributed by atoms with Crippen molar-refractivity contribution in [2.45, 2.75) is 52.7 Å². The summed E-state index contributed by atoms with van der Waals surface area (Å²) in [5.74, 6) is -1.05. The van der Waals surface area contributed by atoms with Crippen LogP contribution in [0.5, 0.6) is 0 Å². The van der Waals surface area contributed by atoms with Gasteiger partial charge in [-0.25, -0.2) is 14.0 Å². The van der Waals surface area contributed by atoms with Gasteiger partial charge in [-0.3, -0.25) is 15.1 Å². The number of carbonyl (C=O) groups is 3. The van der Waals surface area contributed by atoms with E-state index in [9.17, 15) is 18.8 Å². The second-order valence-electron chi connectivity index (χ2n) is 11.8. The largest absolute Gasteiger partial charge is 0.444 e.